The van der Waals surface area contributed by atoms with Crippen LogP contribution >= 0.6 is 0 Å². The normalized spacial score (nSPS) is 15.1. The van der Waals surface area contributed by atoms with E-state index < -0.39 is 0 Å². The highest BCUT2D eigenvalue weighted by atomic mass is 16.2. The highest BCUT2D eigenvalue weighted by Crippen LogP contribution is 2.45. The number of carbonyl (C=O) groups is 1. The Kier molecular flexibility index (Phi) is 4.12. The molecule has 0 aliphatic heterocycles. The van der Waals surface area contributed by atoms with Gasteiger partial charge in [0.05, 0.1) is 5.54 Å². The lowest BCUT2D eigenvalue weighted by Crippen LogP contribution is -2.38. The first-order valence-electron chi connectivity index (χ1n) is 8.29. The molecule has 3 heteroatoms. The molecule has 0 heterocycles. The van der Waals surface area contributed by atoms with Gasteiger partial charge >= 0.3 is 6.03 Å². The van der Waals surface area contributed by atoms with Crippen molar-refractivity contribution in [2.24, 2.45) is 0 Å². The zero-order valence-electron chi connectivity index (χ0n) is 14.1. The molecule has 3 rings (SSSR count). The van der Waals surface area contributed by atoms with Gasteiger partial charge in [0.1, 0.15) is 0 Å². The van der Waals surface area contributed by atoms with E-state index in [0.29, 0.717) is 0 Å². The molecule has 23 heavy (non-hydrogen) atoms. The Bertz CT molecular complexity index is 715. The largest absolute Gasteiger partial charge is 0.328 e. The third kappa shape index (κ3) is 3.24. The van der Waals surface area contributed by atoms with Crippen LogP contribution in [0.5, 0.6) is 0 Å². The lowest BCUT2D eigenvalue weighted by molar-refractivity contribution is 0.247. The second-order valence-corrected chi connectivity index (χ2v) is 6.49. The van der Waals surface area contributed by atoms with Gasteiger partial charge in [0.25, 0.3) is 0 Å². The SMILES string of the molecule is CCc1cccc(C)c1NC(=O)NC1(c2ccc(C)cc2)CC1. The molecule has 1 aliphatic carbocycles. The van der Waals surface area contributed by atoms with E-state index in [1.54, 1.807) is 0 Å². The molecular weight excluding hydrogens is 284 g/mol. The molecule has 2 aromatic carbocycles. The van der Waals surface area contributed by atoms with Crippen LogP contribution in [0.2, 0.25) is 0 Å². The molecule has 0 saturated heterocycles. The number of urea groups is 1. The van der Waals surface area contributed by atoms with Gasteiger partial charge in [-0.3, -0.25) is 0 Å². The number of para-hydroxylation sites is 1. The Morgan fingerprint density at radius 2 is 1.78 bits per heavy atom. The molecule has 3 nitrogen and oxygen atoms in total. The average molecular weight is 308 g/mol. The highest BCUT2D eigenvalue weighted by Gasteiger charge is 2.45. The number of anilines is 1. The molecule has 0 aromatic heterocycles. The smallest absolute Gasteiger partial charge is 0.319 e. The van der Waals surface area contributed by atoms with Crippen molar-refractivity contribution >= 4 is 11.7 Å². The van der Waals surface area contributed by atoms with E-state index in [9.17, 15) is 4.79 Å². The lowest BCUT2D eigenvalue weighted by atomic mass is 10.0. The number of rotatable bonds is 4. The van der Waals surface area contributed by atoms with Gasteiger partial charge in [-0.15, -0.1) is 0 Å². The van der Waals surface area contributed by atoms with Gasteiger partial charge in [0.2, 0.25) is 0 Å². The number of amides is 2. The molecule has 0 bridgehead atoms. The van der Waals surface area contributed by atoms with Gasteiger partial charge in [0.15, 0.2) is 0 Å². The predicted molar refractivity (Wildman–Crippen MR) is 94.8 cm³/mol. The van der Waals surface area contributed by atoms with E-state index in [2.05, 4.69) is 54.8 Å². The maximum Gasteiger partial charge on any atom is 0.319 e. The number of benzene rings is 2. The van der Waals surface area contributed by atoms with E-state index in [4.69, 9.17) is 0 Å². The number of aryl methyl sites for hydroxylation is 3. The summed E-state index contributed by atoms with van der Waals surface area (Å²) >= 11 is 0. The van der Waals surface area contributed by atoms with Crippen LogP contribution in [0.4, 0.5) is 10.5 Å². The van der Waals surface area contributed by atoms with Crippen LogP contribution in [0.1, 0.15) is 42.0 Å². The van der Waals surface area contributed by atoms with Crippen LogP contribution in [-0.2, 0) is 12.0 Å². The Hall–Kier alpha value is -2.29. The van der Waals surface area contributed by atoms with Crippen LogP contribution in [0.25, 0.3) is 0 Å². The Morgan fingerprint density at radius 3 is 2.39 bits per heavy atom. The van der Waals surface area contributed by atoms with E-state index in [-0.39, 0.29) is 11.6 Å². The zero-order valence-corrected chi connectivity index (χ0v) is 14.1. The molecule has 2 N–H and O–H groups in total. The van der Waals surface area contributed by atoms with Crippen LogP contribution < -0.4 is 10.6 Å². The Morgan fingerprint density at radius 1 is 1.09 bits per heavy atom. The van der Waals surface area contributed by atoms with Crippen molar-refractivity contribution in [2.45, 2.75) is 45.6 Å². The van der Waals surface area contributed by atoms with Crippen molar-refractivity contribution in [3.63, 3.8) is 0 Å². The summed E-state index contributed by atoms with van der Waals surface area (Å²) in [5.41, 5.74) is 5.44. The van der Waals surface area contributed by atoms with Crippen LogP contribution in [-0.4, -0.2) is 6.03 Å². The van der Waals surface area contributed by atoms with Crippen molar-refractivity contribution < 1.29 is 4.79 Å². The van der Waals surface area contributed by atoms with E-state index in [0.717, 1.165) is 30.5 Å². The summed E-state index contributed by atoms with van der Waals surface area (Å²) in [5, 5.41) is 6.24. The molecule has 2 amide bonds. The number of hydrogen-bond acceptors (Lipinski definition) is 1. The third-order valence-electron chi connectivity index (χ3n) is 4.69. The standard InChI is InChI=1S/C20H24N2O/c1-4-16-7-5-6-15(3)18(16)21-19(23)22-20(12-13-20)17-10-8-14(2)9-11-17/h5-11H,4,12-13H2,1-3H3,(H2,21,22,23). The van der Waals surface area contributed by atoms with Crippen LogP contribution in [0, 0.1) is 13.8 Å². The first-order valence-corrected chi connectivity index (χ1v) is 8.29. The number of nitrogens with one attached hydrogen (secondary N) is 2. The van der Waals surface area contributed by atoms with Crippen LogP contribution in [0.15, 0.2) is 42.5 Å². The quantitative estimate of drug-likeness (QED) is 0.846. The summed E-state index contributed by atoms with van der Waals surface area (Å²) in [6, 6.07) is 14.5. The second kappa shape index (κ2) is 6.07. The van der Waals surface area contributed by atoms with Gasteiger partial charge in [0, 0.05) is 5.69 Å². The fraction of sp³-hybridized carbons (Fsp3) is 0.350. The summed E-state index contributed by atoms with van der Waals surface area (Å²) in [4.78, 5) is 12.5. The van der Waals surface area contributed by atoms with E-state index in [1.807, 2.05) is 19.1 Å². The maximum absolute atomic E-state index is 12.5. The number of carbonyl (C=O) groups excluding carboxylic acids is 1. The minimum atomic E-state index is -0.188. The van der Waals surface area contributed by atoms with Gasteiger partial charge in [-0.25, -0.2) is 4.79 Å². The van der Waals surface area contributed by atoms with Gasteiger partial charge in [-0.05, 0) is 49.8 Å². The molecule has 1 saturated carbocycles. The summed E-state index contributed by atoms with van der Waals surface area (Å²) in [7, 11) is 0. The van der Waals surface area contributed by atoms with Crippen molar-refractivity contribution in [3.05, 3.63) is 64.7 Å². The highest BCUT2D eigenvalue weighted by molar-refractivity contribution is 5.92. The van der Waals surface area contributed by atoms with E-state index in [1.165, 1.54) is 16.7 Å². The van der Waals surface area contributed by atoms with E-state index >= 15 is 0 Å². The van der Waals surface area contributed by atoms with Crippen molar-refractivity contribution in [3.8, 4) is 0 Å². The average Bonchev–Trinajstić information content (AvgIpc) is 3.30. The maximum atomic E-state index is 12.5. The zero-order chi connectivity index (χ0) is 16.4. The molecule has 0 spiro atoms. The summed E-state index contributed by atoms with van der Waals surface area (Å²) in [6.07, 6.45) is 2.90. The molecule has 0 atom stereocenters. The monoisotopic (exact) mass is 308 g/mol. The minimum Gasteiger partial charge on any atom is -0.328 e. The molecule has 2 aromatic rings. The first kappa shape index (κ1) is 15.6. The van der Waals surface area contributed by atoms with Gasteiger partial charge in [-0.2, -0.15) is 0 Å². The minimum absolute atomic E-state index is 0.118. The van der Waals surface area contributed by atoms with Crippen molar-refractivity contribution in [1.82, 2.24) is 5.32 Å². The lowest BCUT2D eigenvalue weighted by Gasteiger charge is -2.20. The third-order valence-corrected chi connectivity index (χ3v) is 4.69. The fourth-order valence-corrected chi connectivity index (χ4v) is 3.05. The predicted octanol–water partition coefficient (Wildman–Crippen LogP) is 4.68. The molecule has 1 fully saturated rings. The van der Waals surface area contributed by atoms with Crippen molar-refractivity contribution in [2.75, 3.05) is 5.32 Å². The summed E-state index contributed by atoms with van der Waals surface area (Å²) < 4.78 is 0. The molecular formula is C20H24N2O. The van der Waals surface area contributed by atoms with Gasteiger partial charge < -0.3 is 10.6 Å². The summed E-state index contributed by atoms with van der Waals surface area (Å²) in [6.45, 7) is 6.21. The molecule has 0 radical (unpaired) electrons. The topological polar surface area (TPSA) is 41.1 Å². The van der Waals surface area contributed by atoms with Crippen LogP contribution in [0.3, 0.4) is 0 Å². The van der Waals surface area contributed by atoms with Gasteiger partial charge in [-0.1, -0.05) is 55.0 Å². The number of hydrogen-bond donors (Lipinski definition) is 2. The molecule has 1 aliphatic rings. The Labute approximate surface area is 138 Å². The Balaban J connectivity index is 1.74. The second-order valence-electron chi connectivity index (χ2n) is 6.49. The fourth-order valence-electron chi connectivity index (χ4n) is 3.05. The van der Waals surface area contributed by atoms with Crippen molar-refractivity contribution in [1.29, 1.82) is 0 Å². The first-order chi connectivity index (χ1) is 11.0. The summed E-state index contributed by atoms with van der Waals surface area (Å²) in [5.74, 6) is 0. The molecule has 0 unspecified atom stereocenters. The molecule has 120 valence electrons.